The quantitative estimate of drug-likeness (QED) is 0.773. The van der Waals surface area contributed by atoms with Crippen molar-refractivity contribution in [1.29, 1.82) is 0 Å². The van der Waals surface area contributed by atoms with Crippen molar-refractivity contribution in [3.05, 3.63) is 0 Å². The third kappa shape index (κ3) is 3.19. The molecule has 0 bridgehead atoms. The van der Waals surface area contributed by atoms with E-state index in [4.69, 9.17) is 9.84 Å². The van der Waals surface area contributed by atoms with Gasteiger partial charge in [-0.1, -0.05) is 12.8 Å². The summed E-state index contributed by atoms with van der Waals surface area (Å²) in [5.74, 6) is -0.718. The molecule has 0 aromatic carbocycles. The SMILES string of the molecule is O=C(O)CN(CC1CCCO1)C1CCCC1. The van der Waals surface area contributed by atoms with Gasteiger partial charge in [0.1, 0.15) is 0 Å². The molecule has 1 heterocycles. The zero-order valence-electron chi connectivity index (χ0n) is 9.73. The Hall–Kier alpha value is -0.610. The van der Waals surface area contributed by atoms with E-state index < -0.39 is 5.97 Å². The molecule has 92 valence electrons. The van der Waals surface area contributed by atoms with Crippen LogP contribution < -0.4 is 0 Å². The molecule has 16 heavy (non-hydrogen) atoms. The minimum absolute atomic E-state index is 0.171. The van der Waals surface area contributed by atoms with E-state index in [-0.39, 0.29) is 12.6 Å². The summed E-state index contributed by atoms with van der Waals surface area (Å²) < 4.78 is 5.59. The van der Waals surface area contributed by atoms with Gasteiger partial charge in [0.05, 0.1) is 12.6 Å². The molecule has 1 N–H and O–H groups in total. The first kappa shape index (κ1) is 11.9. The van der Waals surface area contributed by atoms with E-state index in [2.05, 4.69) is 4.90 Å². The lowest BCUT2D eigenvalue weighted by Crippen LogP contribution is -2.42. The standard InChI is InChI=1S/C12H21NO3/c14-12(15)9-13(10-4-1-2-5-10)8-11-6-3-7-16-11/h10-11H,1-9H2,(H,14,15). The van der Waals surface area contributed by atoms with Gasteiger partial charge < -0.3 is 9.84 Å². The van der Waals surface area contributed by atoms with Crippen LogP contribution in [0.2, 0.25) is 0 Å². The summed E-state index contributed by atoms with van der Waals surface area (Å²) in [7, 11) is 0. The van der Waals surface area contributed by atoms with Gasteiger partial charge in [0.15, 0.2) is 0 Å². The molecule has 1 saturated carbocycles. The molecule has 1 aliphatic heterocycles. The molecule has 2 rings (SSSR count). The highest BCUT2D eigenvalue weighted by atomic mass is 16.5. The number of rotatable bonds is 5. The maximum Gasteiger partial charge on any atom is 0.317 e. The molecule has 1 atom stereocenters. The van der Waals surface area contributed by atoms with E-state index in [0.29, 0.717) is 6.04 Å². The first-order valence-corrected chi connectivity index (χ1v) is 6.33. The van der Waals surface area contributed by atoms with Crippen LogP contribution in [0.25, 0.3) is 0 Å². The lowest BCUT2D eigenvalue weighted by molar-refractivity contribution is -0.139. The third-order valence-corrected chi connectivity index (χ3v) is 3.64. The number of hydrogen-bond donors (Lipinski definition) is 1. The Labute approximate surface area is 96.6 Å². The molecule has 0 aromatic rings. The Balaban J connectivity index is 1.87. The van der Waals surface area contributed by atoms with E-state index in [0.717, 1.165) is 38.8 Å². The molecule has 1 aliphatic carbocycles. The normalized spacial score (nSPS) is 26.7. The van der Waals surface area contributed by atoms with Crippen molar-refractivity contribution < 1.29 is 14.6 Å². The van der Waals surface area contributed by atoms with Crippen molar-refractivity contribution in [2.45, 2.75) is 50.7 Å². The van der Waals surface area contributed by atoms with Gasteiger partial charge in [-0.2, -0.15) is 0 Å². The Bertz CT molecular complexity index is 232. The van der Waals surface area contributed by atoms with Crippen LogP contribution in [0.3, 0.4) is 0 Å². The molecular formula is C12H21NO3. The van der Waals surface area contributed by atoms with E-state index in [1.54, 1.807) is 0 Å². The van der Waals surface area contributed by atoms with E-state index in [9.17, 15) is 4.79 Å². The fraction of sp³-hybridized carbons (Fsp3) is 0.917. The summed E-state index contributed by atoms with van der Waals surface area (Å²) in [6.45, 7) is 1.82. The zero-order chi connectivity index (χ0) is 11.4. The predicted octanol–water partition coefficient (Wildman–Crippen LogP) is 1.49. The number of ether oxygens (including phenoxy) is 1. The van der Waals surface area contributed by atoms with Crippen molar-refractivity contribution in [3.8, 4) is 0 Å². The Morgan fingerprint density at radius 2 is 2.00 bits per heavy atom. The number of carboxylic acid groups (broad SMARTS) is 1. The van der Waals surface area contributed by atoms with Crippen molar-refractivity contribution in [3.63, 3.8) is 0 Å². The summed E-state index contributed by atoms with van der Waals surface area (Å²) in [6, 6.07) is 0.472. The molecule has 0 aromatic heterocycles. The fourth-order valence-corrected chi connectivity index (χ4v) is 2.84. The number of nitrogens with zero attached hydrogens (tertiary/aromatic N) is 1. The second kappa shape index (κ2) is 5.64. The van der Waals surface area contributed by atoms with Gasteiger partial charge in [-0.05, 0) is 25.7 Å². The van der Waals surface area contributed by atoms with Crippen LogP contribution in [0, 0.1) is 0 Å². The van der Waals surface area contributed by atoms with E-state index in [1.807, 2.05) is 0 Å². The molecule has 1 saturated heterocycles. The maximum atomic E-state index is 10.9. The average Bonchev–Trinajstić information content (AvgIpc) is 2.88. The lowest BCUT2D eigenvalue weighted by atomic mass is 10.1. The summed E-state index contributed by atoms with van der Waals surface area (Å²) in [5.41, 5.74) is 0. The smallest absolute Gasteiger partial charge is 0.317 e. The van der Waals surface area contributed by atoms with Crippen molar-refractivity contribution >= 4 is 5.97 Å². The zero-order valence-corrected chi connectivity index (χ0v) is 9.73. The molecular weight excluding hydrogens is 206 g/mol. The van der Waals surface area contributed by atoms with Crippen LogP contribution in [-0.4, -0.2) is 47.8 Å². The monoisotopic (exact) mass is 227 g/mol. The van der Waals surface area contributed by atoms with Gasteiger partial charge in [0, 0.05) is 19.2 Å². The van der Waals surface area contributed by atoms with Gasteiger partial charge in [-0.3, -0.25) is 9.69 Å². The molecule has 2 aliphatic rings. The van der Waals surface area contributed by atoms with Crippen molar-refractivity contribution in [2.24, 2.45) is 0 Å². The van der Waals surface area contributed by atoms with Gasteiger partial charge in [-0.15, -0.1) is 0 Å². The van der Waals surface area contributed by atoms with Crippen LogP contribution in [0.4, 0.5) is 0 Å². The van der Waals surface area contributed by atoms with Crippen LogP contribution >= 0.6 is 0 Å². The molecule has 4 nitrogen and oxygen atoms in total. The number of carboxylic acids is 1. The summed E-state index contributed by atoms with van der Waals surface area (Å²) in [4.78, 5) is 13.0. The van der Waals surface area contributed by atoms with Crippen molar-refractivity contribution in [2.75, 3.05) is 19.7 Å². The van der Waals surface area contributed by atoms with Crippen molar-refractivity contribution in [1.82, 2.24) is 4.90 Å². The molecule has 0 spiro atoms. The molecule has 1 unspecified atom stereocenters. The fourth-order valence-electron chi connectivity index (χ4n) is 2.84. The lowest BCUT2D eigenvalue weighted by Gasteiger charge is -2.29. The predicted molar refractivity (Wildman–Crippen MR) is 60.4 cm³/mol. The first-order chi connectivity index (χ1) is 7.75. The minimum Gasteiger partial charge on any atom is -0.480 e. The second-order valence-electron chi connectivity index (χ2n) is 4.90. The molecule has 4 heteroatoms. The molecule has 0 radical (unpaired) electrons. The minimum atomic E-state index is -0.718. The summed E-state index contributed by atoms with van der Waals surface area (Å²) in [5, 5.41) is 8.94. The first-order valence-electron chi connectivity index (χ1n) is 6.33. The highest BCUT2D eigenvalue weighted by Gasteiger charge is 2.28. The summed E-state index contributed by atoms with van der Waals surface area (Å²) in [6.07, 6.45) is 7.26. The Morgan fingerprint density at radius 3 is 2.56 bits per heavy atom. The van der Waals surface area contributed by atoms with E-state index >= 15 is 0 Å². The molecule has 2 fully saturated rings. The van der Waals surface area contributed by atoms with Crippen LogP contribution in [-0.2, 0) is 9.53 Å². The Kier molecular flexibility index (Phi) is 4.18. The average molecular weight is 227 g/mol. The second-order valence-corrected chi connectivity index (χ2v) is 4.90. The largest absolute Gasteiger partial charge is 0.480 e. The Morgan fingerprint density at radius 1 is 1.25 bits per heavy atom. The maximum absolute atomic E-state index is 10.9. The highest BCUT2D eigenvalue weighted by molar-refractivity contribution is 5.69. The number of aliphatic carboxylic acids is 1. The van der Waals surface area contributed by atoms with Gasteiger partial charge in [0.2, 0.25) is 0 Å². The molecule has 0 amide bonds. The summed E-state index contributed by atoms with van der Waals surface area (Å²) >= 11 is 0. The number of carbonyl (C=O) groups is 1. The third-order valence-electron chi connectivity index (χ3n) is 3.64. The van der Waals surface area contributed by atoms with Gasteiger partial charge in [0.25, 0.3) is 0 Å². The van der Waals surface area contributed by atoms with Crippen LogP contribution in [0.15, 0.2) is 0 Å². The van der Waals surface area contributed by atoms with Crippen LogP contribution in [0.5, 0.6) is 0 Å². The topological polar surface area (TPSA) is 49.8 Å². The van der Waals surface area contributed by atoms with Crippen LogP contribution in [0.1, 0.15) is 38.5 Å². The number of hydrogen-bond acceptors (Lipinski definition) is 3. The van der Waals surface area contributed by atoms with Gasteiger partial charge in [-0.25, -0.2) is 0 Å². The highest BCUT2D eigenvalue weighted by Crippen LogP contribution is 2.25. The van der Waals surface area contributed by atoms with E-state index in [1.165, 1.54) is 12.8 Å². The van der Waals surface area contributed by atoms with Gasteiger partial charge >= 0.3 is 5.97 Å².